The quantitative estimate of drug-likeness (QED) is 0.739. The van der Waals surface area contributed by atoms with Gasteiger partial charge in [0, 0.05) is 22.3 Å². The lowest BCUT2D eigenvalue weighted by Gasteiger charge is -2.15. The van der Waals surface area contributed by atoms with Crippen LogP contribution in [0.4, 0.5) is 5.69 Å². The molecular weight excluding hydrogens is 382 g/mol. The largest absolute Gasteiger partial charge is 0.495 e. The summed E-state index contributed by atoms with van der Waals surface area (Å²) in [5.74, 6) is 0.867. The van der Waals surface area contributed by atoms with Gasteiger partial charge in [0.25, 0.3) is 0 Å². The molecular formula is C16H17Br2NO. The zero-order chi connectivity index (χ0) is 14.7. The van der Waals surface area contributed by atoms with Crippen LogP contribution in [0.3, 0.4) is 0 Å². The maximum absolute atomic E-state index is 5.47. The Morgan fingerprint density at radius 3 is 2.60 bits per heavy atom. The normalized spacial score (nSPS) is 10.4. The van der Waals surface area contributed by atoms with E-state index in [-0.39, 0.29) is 0 Å². The molecule has 2 aromatic rings. The van der Waals surface area contributed by atoms with E-state index in [2.05, 4.69) is 75.3 Å². The summed E-state index contributed by atoms with van der Waals surface area (Å²) < 4.78 is 7.45. The average molecular weight is 399 g/mol. The van der Waals surface area contributed by atoms with Crippen LogP contribution >= 0.6 is 31.9 Å². The van der Waals surface area contributed by atoms with Gasteiger partial charge in [-0.3, -0.25) is 0 Å². The molecule has 0 aliphatic heterocycles. The maximum Gasteiger partial charge on any atom is 0.138 e. The Kier molecular flexibility index (Phi) is 5.11. The third-order valence-corrected chi connectivity index (χ3v) is 4.41. The molecule has 0 aliphatic carbocycles. The Morgan fingerprint density at radius 2 is 1.90 bits per heavy atom. The van der Waals surface area contributed by atoms with Gasteiger partial charge in [0.05, 0.1) is 11.6 Å². The number of aryl methyl sites for hydroxylation is 1. The molecule has 1 N–H and O–H groups in total. The van der Waals surface area contributed by atoms with Gasteiger partial charge in [-0.15, -0.1) is 0 Å². The van der Waals surface area contributed by atoms with E-state index in [0.717, 1.165) is 25.9 Å². The Morgan fingerprint density at radius 1 is 1.15 bits per heavy atom. The van der Waals surface area contributed by atoms with E-state index < -0.39 is 0 Å². The molecule has 0 radical (unpaired) electrons. The zero-order valence-corrected chi connectivity index (χ0v) is 14.9. The standard InChI is InChI=1S/C16H17Br2NO/c1-10-5-4-6-15(11(10)2)19-9-12-7-13(17)8-14(18)16(12)20-3/h4-8,19H,9H2,1-3H3. The van der Waals surface area contributed by atoms with Crippen molar-refractivity contribution in [2.75, 3.05) is 12.4 Å². The molecule has 0 saturated heterocycles. The number of rotatable bonds is 4. The molecule has 4 heteroatoms. The van der Waals surface area contributed by atoms with Crippen molar-refractivity contribution in [1.82, 2.24) is 0 Å². The summed E-state index contributed by atoms with van der Waals surface area (Å²) in [6, 6.07) is 10.3. The highest BCUT2D eigenvalue weighted by Gasteiger charge is 2.09. The van der Waals surface area contributed by atoms with Crippen LogP contribution in [0.2, 0.25) is 0 Å². The molecule has 106 valence electrons. The van der Waals surface area contributed by atoms with Crippen molar-refractivity contribution in [3.8, 4) is 5.75 Å². The van der Waals surface area contributed by atoms with Crippen LogP contribution in [0.25, 0.3) is 0 Å². The van der Waals surface area contributed by atoms with Crippen LogP contribution in [0, 0.1) is 13.8 Å². The lowest BCUT2D eigenvalue weighted by molar-refractivity contribution is 0.407. The van der Waals surface area contributed by atoms with E-state index in [1.54, 1.807) is 7.11 Å². The Labute approximate surface area is 136 Å². The minimum atomic E-state index is 0.714. The predicted molar refractivity (Wildman–Crippen MR) is 91.6 cm³/mol. The molecule has 0 heterocycles. The zero-order valence-electron chi connectivity index (χ0n) is 11.8. The van der Waals surface area contributed by atoms with Gasteiger partial charge in [-0.2, -0.15) is 0 Å². The number of halogens is 2. The number of ether oxygens (including phenoxy) is 1. The first kappa shape index (κ1) is 15.4. The molecule has 0 saturated carbocycles. The lowest BCUT2D eigenvalue weighted by Crippen LogP contribution is -2.04. The Balaban J connectivity index is 2.25. The topological polar surface area (TPSA) is 21.3 Å². The van der Waals surface area contributed by atoms with Crippen LogP contribution in [0.5, 0.6) is 5.75 Å². The van der Waals surface area contributed by atoms with Gasteiger partial charge >= 0.3 is 0 Å². The van der Waals surface area contributed by atoms with Gasteiger partial charge in [0.15, 0.2) is 0 Å². The summed E-state index contributed by atoms with van der Waals surface area (Å²) in [5.41, 5.74) is 4.83. The second kappa shape index (κ2) is 6.64. The fraction of sp³-hybridized carbons (Fsp3) is 0.250. The summed E-state index contributed by atoms with van der Waals surface area (Å²) in [6.45, 7) is 4.97. The fourth-order valence-electron chi connectivity index (χ4n) is 2.11. The third-order valence-electron chi connectivity index (χ3n) is 3.36. The van der Waals surface area contributed by atoms with E-state index in [1.807, 2.05) is 6.07 Å². The monoisotopic (exact) mass is 397 g/mol. The molecule has 0 fully saturated rings. The number of anilines is 1. The number of methoxy groups -OCH3 is 1. The van der Waals surface area contributed by atoms with E-state index in [9.17, 15) is 0 Å². The first-order chi connectivity index (χ1) is 9.52. The van der Waals surface area contributed by atoms with Crippen LogP contribution in [-0.4, -0.2) is 7.11 Å². The molecule has 0 aromatic heterocycles. The smallest absolute Gasteiger partial charge is 0.138 e. The third kappa shape index (κ3) is 3.36. The van der Waals surface area contributed by atoms with Gasteiger partial charge < -0.3 is 10.1 Å². The highest BCUT2D eigenvalue weighted by molar-refractivity contribution is 9.11. The number of nitrogens with one attached hydrogen (secondary N) is 1. The van der Waals surface area contributed by atoms with Gasteiger partial charge in [-0.25, -0.2) is 0 Å². The molecule has 2 nitrogen and oxygen atoms in total. The average Bonchev–Trinajstić information content (AvgIpc) is 2.40. The Bertz CT molecular complexity index is 626. The first-order valence-corrected chi connectivity index (χ1v) is 7.93. The van der Waals surface area contributed by atoms with Crippen molar-refractivity contribution >= 4 is 37.5 Å². The fourth-order valence-corrected chi connectivity index (χ4v) is 3.58. The second-order valence-corrected chi connectivity index (χ2v) is 6.45. The van der Waals surface area contributed by atoms with E-state index in [1.165, 1.54) is 11.1 Å². The van der Waals surface area contributed by atoms with Crippen LogP contribution in [0.1, 0.15) is 16.7 Å². The summed E-state index contributed by atoms with van der Waals surface area (Å²) in [5, 5.41) is 3.48. The summed E-state index contributed by atoms with van der Waals surface area (Å²) in [6.07, 6.45) is 0. The van der Waals surface area contributed by atoms with Crippen molar-refractivity contribution in [2.24, 2.45) is 0 Å². The number of hydrogen-bond donors (Lipinski definition) is 1. The highest BCUT2D eigenvalue weighted by atomic mass is 79.9. The highest BCUT2D eigenvalue weighted by Crippen LogP contribution is 2.33. The van der Waals surface area contributed by atoms with E-state index in [4.69, 9.17) is 4.74 Å². The lowest BCUT2D eigenvalue weighted by atomic mass is 10.1. The molecule has 0 atom stereocenters. The number of benzene rings is 2. The molecule has 0 aliphatic rings. The van der Waals surface area contributed by atoms with Gasteiger partial charge in [-0.1, -0.05) is 28.1 Å². The van der Waals surface area contributed by atoms with Crippen molar-refractivity contribution in [3.05, 3.63) is 56.0 Å². The van der Waals surface area contributed by atoms with Crippen molar-refractivity contribution in [2.45, 2.75) is 20.4 Å². The van der Waals surface area contributed by atoms with E-state index in [0.29, 0.717) is 6.54 Å². The van der Waals surface area contributed by atoms with Crippen LogP contribution in [0.15, 0.2) is 39.3 Å². The van der Waals surface area contributed by atoms with Crippen molar-refractivity contribution in [3.63, 3.8) is 0 Å². The molecule has 0 amide bonds. The summed E-state index contributed by atoms with van der Waals surface area (Å²) >= 11 is 7.04. The van der Waals surface area contributed by atoms with Gasteiger partial charge in [0.2, 0.25) is 0 Å². The minimum Gasteiger partial charge on any atom is -0.495 e. The summed E-state index contributed by atoms with van der Waals surface area (Å²) in [7, 11) is 1.69. The minimum absolute atomic E-state index is 0.714. The summed E-state index contributed by atoms with van der Waals surface area (Å²) in [4.78, 5) is 0. The Hall–Kier alpha value is -1.00. The molecule has 2 rings (SSSR count). The van der Waals surface area contributed by atoms with Crippen LogP contribution in [-0.2, 0) is 6.54 Å². The number of hydrogen-bond acceptors (Lipinski definition) is 2. The molecule has 0 bridgehead atoms. The first-order valence-electron chi connectivity index (χ1n) is 6.35. The van der Waals surface area contributed by atoms with Crippen LogP contribution < -0.4 is 10.1 Å². The molecule has 0 unspecified atom stereocenters. The molecule has 2 aromatic carbocycles. The van der Waals surface area contributed by atoms with E-state index >= 15 is 0 Å². The van der Waals surface area contributed by atoms with Gasteiger partial charge in [-0.05, 0) is 59.1 Å². The van der Waals surface area contributed by atoms with Crippen molar-refractivity contribution in [1.29, 1.82) is 0 Å². The molecule has 0 spiro atoms. The predicted octanol–water partition coefficient (Wildman–Crippen LogP) is 5.45. The van der Waals surface area contributed by atoms with Crippen molar-refractivity contribution < 1.29 is 4.74 Å². The maximum atomic E-state index is 5.47. The van der Waals surface area contributed by atoms with Gasteiger partial charge in [0.1, 0.15) is 5.75 Å². The molecule has 20 heavy (non-hydrogen) atoms. The second-order valence-electron chi connectivity index (χ2n) is 4.68. The SMILES string of the molecule is COc1c(Br)cc(Br)cc1CNc1cccc(C)c1C.